The van der Waals surface area contributed by atoms with Crippen molar-refractivity contribution in [2.24, 2.45) is 0 Å². The lowest BCUT2D eigenvalue weighted by Gasteiger charge is -2.19. The first kappa shape index (κ1) is 9.29. The molecule has 0 amide bonds. The highest BCUT2D eigenvalue weighted by atomic mass is 79.9. The molecular weight excluding hydrogens is 251 g/mol. The van der Waals surface area contributed by atoms with Crippen molar-refractivity contribution < 1.29 is 8.42 Å². The van der Waals surface area contributed by atoms with Crippen molar-refractivity contribution in [3.63, 3.8) is 0 Å². The maximum absolute atomic E-state index is 10.9. The minimum atomic E-state index is -3.57. The highest BCUT2D eigenvalue weighted by molar-refractivity contribution is 9.12. The van der Waals surface area contributed by atoms with Gasteiger partial charge in [-0.15, -0.1) is 0 Å². The maximum Gasteiger partial charge on any atom is 0.252 e. The van der Waals surface area contributed by atoms with Gasteiger partial charge < -0.3 is 0 Å². The Morgan fingerprint density at radius 1 is 1.45 bits per heavy atom. The molecule has 0 fully saturated rings. The summed E-state index contributed by atoms with van der Waals surface area (Å²) in [5, 5.41) is 0. The topological polar surface area (TPSA) is 34.1 Å². The van der Waals surface area contributed by atoms with Crippen LogP contribution in [0.15, 0.2) is 24.3 Å². The van der Waals surface area contributed by atoms with E-state index in [0.717, 1.165) is 0 Å². The van der Waals surface area contributed by atoms with Crippen LogP contribution in [0.3, 0.4) is 0 Å². The van der Waals surface area contributed by atoms with Gasteiger partial charge in [0.2, 0.25) is 0 Å². The van der Waals surface area contributed by atoms with Gasteiger partial charge in [-0.05, 0) is 6.42 Å². The Balaban J connectivity index is 3.04. The Labute approximate surface area is 78.5 Å². The predicted molar refractivity (Wildman–Crippen MR) is 49.3 cm³/mol. The number of alkyl halides is 1. The number of halogens is 2. The lowest BCUT2D eigenvalue weighted by molar-refractivity contribution is 0.599. The molecule has 0 N–H and O–H groups in total. The van der Waals surface area contributed by atoms with Crippen LogP contribution in [0.5, 0.6) is 0 Å². The summed E-state index contributed by atoms with van der Waals surface area (Å²) in [5.41, 5.74) is 0. The van der Waals surface area contributed by atoms with E-state index in [2.05, 4.69) is 15.9 Å². The van der Waals surface area contributed by atoms with E-state index in [1.165, 1.54) is 6.08 Å². The molecule has 0 saturated heterocycles. The lowest BCUT2D eigenvalue weighted by atomic mass is 10.2. The van der Waals surface area contributed by atoms with E-state index in [1.807, 2.05) is 0 Å². The van der Waals surface area contributed by atoms with Gasteiger partial charge in [-0.25, -0.2) is 8.42 Å². The van der Waals surface area contributed by atoms with Crippen LogP contribution in [0.4, 0.5) is 0 Å². The standard InChI is InChI=1S/C6H6BrClO2S/c7-6(11(8,9)10)4-2-1-3-5-6/h1-4H,5H2. The van der Waals surface area contributed by atoms with Gasteiger partial charge >= 0.3 is 0 Å². The molecule has 11 heavy (non-hydrogen) atoms. The summed E-state index contributed by atoms with van der Waals surface area (Å²) in [6, 6.07) is 0. The second-order valence-corrected chi connectivity index (χ2v) is 6.98. The van der Waals surface area contributed by atoms with E-state index in [-0.39, 0.29) is 0 Å². The molecule has 1 aliphatic carbocycles. The summed E-state index contributed by atoms with van der Waals surface area (Å²) >= 11 is 3.06. The zero-order valence-corrected chi connectivity index (χ0v) is 8.66. The van der Waals surface area contributed by atoms with Crippen LogP contribution < -0.4 is 0 Å². The second kappa shape index (κ2) is 2.92. The van der Waals surface area contributed by atoms with Gasteiger partial charge in [0, 0.05) is 10.7 Å². The van der Waals surface area contributed by atoms with Crippen LogP contribution in [0.1, 0.15) is 6.42 Å². The molecule has 1 atom stereocenters. The first-order chi connectivity index (χ1) is 4.96. The molecule has 0 aromatic rings. The van der Waals surface area contributed by atoms with Crippen molar-refractivity contribution >= 4 is 35.7 Å². The second-order valence-electron chi connectivity index (χ2n) is 2.22. The zero-order valence-electron chi connectivity index (χ0n) is 5.50. The third kappa shape index (κ3) is 1.86. The van der Waals surface area contributed by atoms with Crippen molar-refractivity contribution in [2.75, 3.05) is 0 Å². The first-order valence-corrected chi connectivity index (χ1v) is 6.03. The van der Waals surface area contributed by atoms with Gasteiger partial charge in [-0.1, -0.05) is 40.2 Å². The number of rotatable bonds is 1. The van der Waals surface area contributed by atoms with Gasteiger partial charge in [-0.3, -0.25) is 0 Å². The van der Waals surface area contributed by atoms with Gasteiger partial charge in [-0.2, -0.15) is 0 Å². The molecule has 0 saturated carbocycles. The molecule has 0 spiro atoms. The molecule has 0 radical (unpaired) electrons. The molecule has 62 valence electrons. The summed E-state index contributed by atoms with van der Waals surface area (Å²) < 4.78 is 20.8. The lowest BCUT2D eigenvalue weighted by Crippen LogP contribution is -2.25. The Morgan fingerprint density at radius 3 is 2.36 bits per heavy atom. The number of hydrogen-bond acceptors (Lipinski definition) is 2. The molecule has 0 aliphatic heterocycles. The third-order valence-electron chi connectivity index (χ3n) is 1.39. The minimum Gasteiger partial charge on any atom is -0.210 e. The van der Waals surface area contributed by atoms with Crippen molar-refractivity contribution in [1.29, 1.82) is 0 Å². The summed E-state index contributed by atoms with van der Waals surface area (Å²) in [7, 11) is 1.62. The largest absolute Gasteiger partial charge is 0.252 e. The highest BCUT2D eigenvalue weighted by Gasteiger charge is 2.37. The van der Waals surface area contributed by atoms with Crippen molar-refractivity contribution in [3.05, 3.63) is 24.3 Å². The van der Waals surface area contributed by atoms with Crippen LogP contribution in [0.2, 0.25) is 0 Å². The normalized spacial score (nSPS) is 30.7. The monoisotopic (exact) mass is 256 g/mol. The molecule has 1 rings (SSSR count). The van der Waals surface area contributed by atoms with Gasteiger partial charge in [0.25, 0.3) is 9.05 Å². The van der Waals surface area contributed by atoms with E-state index in [9.17, 15) is 8.42 Å². The van der Waals surface area contributed by atoms with E-state index in [0.29, 0.717) is 6.42 Å². The molecule has 1 unspecified atom stereocenters. The number of allylic oxidation sites excluding steroid dienone is 3. The zero-order chi connectivity index (χ0) is 8.54. The number of hydrogen-bond donors (Lipinski definition) is 0. The molecule has 0 aromatic carbocycles. The van der Waals surface area contributed by atoms with Crippen molar-refractivity contribution in [2.45, 2.75) is 10.1 Å². The molecule has 0 aromatic heterocycles. The van der Waals surface area contributed by atoms with Crippen LogP contribution in [0.25, 0.3) is 0 Å². The first-order valence-electron chi connectivity index (χ1n) is 2.93. The van der Waals surface area contributed by atoms with Crippen LogP contribution in [-0.4, -0.2) is 12.1 Å². The Bertz CT molecular complexity index is 307. The SMILES string of the molecule is O=S(=O)(Cl)C1(Br)C=CC=CC1. The quantitative estimate of drug-likeness (QED) is 0.533. The van der Waals surface area contributed by atoms with Crippen LogP contribution in [-0.2, 0) is 9.05 Å². The molecule has 5 heteroatoms. The summed E-state index contributed by atoms with van der Waals surface area (Å²) in [5.74, 6) is 0. The molecular formula is C6H6BrClO2S. The van der Waals surface area contributed by atoms with E-state index in [1.54, 1.807) is 18.2 Å². The molecule has 0 bridgehead atoms. The molecule has 2 nitrogen and oxygen atoms in total. The Hall–Kier alpha value is 0.200. The molecule has 0 heterocycles. The summed E-state index contributed by atoms with van der Waals surface area (Å²) in [6.07, 6.45) is 7.07. The van der Waals surface area contributed by atoms with E-state index in [4.69, 9.17) is 10.7 Å². The fourth-order valence-corrected chi connectivity index (χ4v) is 1.97. The van der Waals surface area contributed by atoms with Gasteiger partial charge in [0.15, 0.2) is 3.66 Å². The minimum absolute atomic E-state index is 0.370. The average molecular weight is 258 g/mol. The summed E-state index contributed by atoms with van der Waals surface area (Å²) in [4.78, 5) is 0. The van der Waals surface area contributed by atoms with Gasteiger partial charge in [0.05, 0.1) is 0 Å². The van der Waals surface area contributed by atoms with Crippen LogP contribution >= 0.6 is 26.6 Å². The summed E-state index contributed by atoms with van der Waals surface area (Å²) in [6.45, 7) is 0. The van der Waals surface area contributed by atoms with Crippen molar-refractivity contribution in [3.8, 4) is 0 Å². The maximum atomic E-state index is 10.9. The molecule has 1 aliphatic rings. The fraction of sp³-hybridized carbons (Fsp3) is 0.333. The Morgan fingerprint density at radius 2 is 2.09 bits per heavy atom. The fourth-order valence-electron chi connectivity index (χ4n) is 0.755. The van der Waals surface area contributed by atoms with E-state index < -0.39 is 12.7 Å². The Kier molecular flexibility index (Phi) is 2.46. The van der Waals surface area contributed by atoms with Crippen molar-refractivity contribution in [1.82, 2.24) is 0 Å². The van der Waals surface area contributed by atoms with Gasteiger partial charge in [0.1, 0.15) is 0 Å². The smallest absolute Gasteiger partial charge is 0.210 e. The van der Waals surface area contributed by atoms with E-state index >= 15 is 0 Å². The third-order valence-corrected chi connectivity index (χ3v) is 5.76. The van der Waals surface area contributed by atoms with Crippen LogP contribution in [0, 0.1) is 0 Å². The average Bonchev–Trinajstić information content (AvgIpc) is 1.87. The predicted octanol–water partition coefficient (Wildman–Crippen LogP) is 2.16. The highest BCUT2D eigenvalue weighted by Crippen LogP contribution is 2.36.